The van der Waals surface area contributed by atoms with Crippen molar-refractivity contribution in [2.45, 2.75) is 29.5 Å². The summed E-state index contributed by atoms with van der Waals surface area (Å²) in [7, 11) is 0. The molecule has 1 aromatic heterocycles. The van der Waals surface area contributed by atoms with Crippen LogP contribution in [0.15, 0.2) is 108 Å². The summed E-state index contributed by atoms with van der Waals surface area (Å²) >= 11 is 7.22. The molecular formula is C31H23ClF4N4OS. The van der Waals surface area contributed by atoms with E-state index in [1.807, 2.05) is 30.3 Å². The zero-order valence-corrected chi connectivity index (χ0v) is 23.4. The first kappa shape index (κ1) is 29.3. The molecule has 11 heteroatoms. The molecule has 0 saturated heterocycles. The largest absolute Gasteiger partial charge is 0.416 e. The molecule has 0 aliphatic carbocycles. The van der Waals surface area contributed by atoms with Gasteiger partial charge in [-0.25, -0.2) is 4.39 Å². The lowest BCUT2D eigenvalue weighted by molar-refractivity contribution is -0.137. The van der Waals surface area contributed by atoms with E-state index < -0.39 is 28.7 Å². The number of amides is 1. The highest BCUT2D eigenvalue weighted by Gasteiger charge is 2.32. The van der Waals surface area contributed by atoms with Crippen LogP contribution in [-0.2, 0) is 23.9 Å². The highest BCUT2D eigenvalue weighted by atomic mass is 35.5. The lowest BCUT2D eigenvalue weighted by Gasteiger charge is -2.19. The number of anilines is 1. The first-order chi connectivity index (χ1) is 20.2. The summed E-state index contributed by atoms with van der Waals surface area (Å²) in [6.45, 7) is 0.381. The van der Waals surface area contributed by atoms with Gasteiger partial charge < -0.3 is 9.88 Å². The monoisotopic (exact) mass is 610 g/mol. The van der Waals surface area contributed by atoms with Gasteiger partial charge in [0, 0.05) is 6.54 Å². The maximum Gasteiger partial charge on any atom is 0.416 e. The fourth-order valence-electron chi connectivity index (χ4n) is 4.31. The lowest BCUT2D eigenvalue weighted by Crippen LogP contribution is -2.20. The number of hydrogen-bond acceptors (Lipinski definition) is 4. The second kappa shape index (κ2) is 12.8. The Balaban J connectivity index is 1.51. The number of thioether (sulfide) groups is 1. The van der Waals surface area contributed by atoms with Crippen LogP contribution in [0.25, 0.3) is 11.4 Å². The van der Waals surface area contributed by atoms with E-state index in [0.29, 0.717) is 29.5 Å². The Bertz CT molecular complexity index is 1680. The number of rotatable bonds is 9. The van der Waals surface area contributed by atoms with Gasteiger partial charge in [0.25, 0.3) is 0 Å². The van der Waals surface area contributed by atoms with Crippen molar-refractivity contribution < 1.29 is 22.4 Å². The average molecular weight is 611 g/mol. The molecule has 0 bridgehead atoms. The van der Waals surface area contributed by atoms with Crippen LogP contribution in [0.4, 0.5) is 23.2 Å². The van der Waals surface area contributed by atoms with Crippen LogP contribution in [0.2, 0.25) is 5.02 Å². The predicted octanol–water partition coefficient (Wildman–Crippen LogP) is 8.47. The highest BCUT2D eigenvalue weighted by molar-refractivity contribution is 8.00. The topological polar surface area (TPSA) is 59.8 Å². The van der Waals surface area contributed by atoms with Crippen LogP contribution in [0.5, 0.6) is 0 Å². The Morgan fingerprint density at radius 3 is 2.26 bits per heavy atom. The number of aromatic nitrogens is 3. The summed E-state index contributed by atoms with van der Waals surface area (Å²) in [6.07, 6.45) is -4.04. The average Bonchev–Trinajstić information content (AvgIpc) is 3.38. The Morgan fingerprint density at radius 1 is 0.905 bits per heavy atom. The number of nitrogens with zero attached hydrogens (tertiary/aromatic N) is 3. The second-order valence-electron chi connectivity index (χ2n) is 9.26. The van der Waals surface area contributed by atoms with Gasteiger partial charge in [-0.3, -0.25) is 4.79 Å². The molecule has 5 nitrogen and oxygen atoms in total. The van der Waals surface area contributed by atoms with E-state index in [9.17, 15) is 22.4 Å². The summed E-state index contributed by atoms with van der Waals surface area (Å²) in [5.74, 6) is -0.795. The van der Waals surface area contributed by atoms with Gasteiger partial charge in [0.05, 0.1) is 21.8 Å². The molecule has 0 saturated carbocycles. The van der Waals surface area contributed by atoms with Crippen LogP contribution in [0.1, 0.15) is 21.9 Å². The molecule has 0 unspecified atom stereocenters. The molecular weight excluding hydrogens is 588 g/mol. The van der Waals surface area contributed by atoms with Gasteiger partial charge in [0.15, 0.2) is 11.0 Å². The zero-order chi connectivity index (χ0) is 29.7. The Labute approximate surface area is 248 Å². The Kier molecular flexibility index (Phi) is 8.94. The van der Waals surface area contributed by atoms with Gasteiger partial charge in [0.2, 0.25) is 5.91 Å². The molecule has 0 radical (unpaired) electrons. The van der Waals surface area contributed by atoms with Crippen molar-refractivity contribution >= 4 is 35.0 Å². The van der Waals surface area contributed by atoms with E-state index in [1.54, 1.807) is 53.1 Å². The van der Waals surface area contributed by atoms with E-state index in [1.165, 1.54) is 6.07 Å². The molecule has 4 aromatic carbocycles. The molecule has 0 aliphatic rings. The van der Waals surface area contributed by atoms with Crippen LogP contribution in [0.3, 0.4) is 0 Å². The predicted molar refractivity (Wildman–Crippen MR) is 156 cm³/mol. The summed E-state index contributed by atoms with van der Waals surface area (Å²) < 4.78 is 56.6. The summed E-state index contributed by atoms with van der Waals surface area (Å²) in [5.41, 5.74) is 0.754. The van der Waals surface area contributed by atoms with E-state index in [2.05, 4.69) is 15.5 Å². The number of halogens is 5. The van der Waals surface area contributed by atoms with Crippen molar-refractivity contribution in [3.05, 3.63) is 131 Å². The lowest BCUT2D eigenvalue weighted by atomic mass is 10.1. The third kappa shape index (κ3) is 6.83. The zero-order valence-electron chi connectivity index (χ0n) is 21.9. The van der Waals surface area contributed by atoms with Crippen LogP contribution < -0.4 is 5.32 Å². The third-order valence-electron chi connectivity index (χ3n) is 6.41. The SMILES string of the molecule is O=C(Nc1cc(C(F)(F)F)ccc1Cl)[C@@H](Sc1nnc(-c2ccccc2F)n1CCc1ccccc1)c1ccccc1. The van der Waals surface area contributed by atoms with Crippen molar-refractivity contribution in [3.63, 3.8) is 0 Å². The fraction of sp³-hybridized carbons (Fsp3) is 0.129. The fourth-order valence-corrected chi connectivity index (χ4v) is 5.53. The molecule has 0 spiro atoms. The van der Waals surface area contributed by atoms with Gasteiger partial charge in [-0.05, 0) is 47.9 Å². The quantitative estimate of drug-likeness (QED) is 0.134. The van der Waals surface area contributed by atoms with E-state index in [4.69, 9.17) is 11.6 Å². The minimum absolute atomic E-state index is 0.0407. The van der Waals surface area contributed by atoms with Crippen LogP contribution >= 0.6 is 23.4 Å². The van der Waals surface area contributed by atoms with Gasteiger partial charge >= 0.3 is 6.18 Å². The highest BCUT2D eigenvalue weighted by Crippen LogP contribution is 2.39. The second-order valence-corrected chi connectivity index (χ2v) is 10.7. The number of nitrogens with one attached hydrogen (secondary N) is 1. The van der Waals surface area contributed by atoms with Crippen LogP contribution in [-0.4, -0.2) is 20.7 Å². The van der Waals surface area contributed by atoms with E-state index in [-0.39, 0.29) is 16.3 Å². The van der Waals surface area contributed by atoms with Gasteiger partial charge in [0.1, 0.15) is 11.1 Å². The normalized spacial score (nSPS) is 12.2. The first-order valence-corrected chi connectivity index (χ1v) is 14.1. The molecule has 1 amide bonds. The van der Waals surface area contributed by atoms with Crippen molar-refractivity contribution in [1.82, 2.24) is 14.8 Å². The van der Waals surface area contributed by atoms with Crippen molar-refractivity contribution in [2.24, 2.45) is 0 Å². The molecule has 5 aromatic rings. The third-order valence-corrected chi connectivity index (χ3v) is 7.98. The molecule has 0 fully saturated rings. The number of benzene rings is 4. The summed E-state index contributed by atoms with van der Waals surface area (Å²) in [6, 6.07) is 27.4. The maximum atomic E-state index is 14.8. The smallest absolute Gasteiger partial charge is 0.323 e. The molecule has 214 valence electrons. The van der Waals surface area contributed by atoms with Crippen molar-refractivity contribution in [1.29, 1.82) is 0 Å². The molecule has 1 N–H and O–H groups in total. The molecule has 5 rings (SSSR count). The van der Waals surface area contributed by atoms with Crippen molar-refractivity contribution in [2.75, 3.05) is 5.32 Å². The number of carbonyl (C=O) groups is 1. The maximum absolute atomic E-state index is 14.8. The summed E-state index contributed by atoms with van der Waals surface area (Å²) in [5, 5.41) is 10.5. The van der Waals surface area contributed by atoms with Gasteiger partial charge in [-0.2, -0.15) is 13.2 Å². The number of alkyl halides is 3. The van der Waals surface area contributed by atoms with Crippen LogP contribution in [0, 0.1) is 5.82 Å². The standard InChI is InChI=1S/C31H23ClF4N4OS/c32-24-16-15-22(31(34,35)36)19-26(24)37-29(41)27(21-11-5-2-6-12-21)42-30-39-38-28(23-13-7-8-14-25(23)33)40(30)18-17-20-9-3-1-4-10-20/h1-16,19,27H,17-18H2,(H,37,41)/t27-/m0/s1. The Morgan fingerprint density at radius 2 is 1.57 bits per heavy atom. The first-order valence-electron chi connectivity index (χ1n) is 12.8. The van der Waals surface area contributed by atoms with Crippen molar-refractivity contribution in [3.8, 4) is 11.4 Å². The Hall–Kier alpha value is -4.15. The molecule has 42 heavy (non-hydrogen) atoms. The van der Waals surface area contributed by atoms with Gasteiger partial charge in [-0.15, -0.1) is 10.2 Å². The molecule has 1 heterocycles. The molecule has 1 atom stereocenters. The summed E-state index contributed by atoms with van der Waals surface area (Å²) in [4.78, 5) is 13.7. The molecule has 0 aliphatic heterocycles. The minimum Gasteiger partial charge on any atom is -0.323 e. The number of carbonyl (C=O) groups excluding carboxylic acids is 1. The number of hydrogen-bond donors (Lipinski definition) is 1. The minimum atomic E-state index is -4.62. The van der Waals surface area contributed by atoms with Gasteiger partial charge in [-0.1, -0.05) is 96.2 Å². The number of aryl methyl sites for hydroxylation is 1. The van der Waals surface area contributed by atoms with E-state index in [0.717, 1.165) is 35.5 Å². The van der Waals surface area contributed by atoms with E-state index >= 15 is 0 Å².